The Morgan fingerprint density at radius 2 is 1.29 bits per heavy atom. The smallest absolute Gasteiger partial charge is 0.347 e. The van der Waals surface area contributed by atoms with Gasteiger partial charge < -0.3 is 54.0 Å². The minimum absolute atomic E-state index is 0.0418. The third kappa shape index (κ3) is 14.3. The van der Waals surface area contributed by atoms with Gasteiger partial charge in [0, 0.05) is 13.1 Å². The number of guanidine groups is 2. The fourth-order valence-corrected chi connectivity index (χ4v) is 2.91. The van der Waals surface area contributed by atoms with Crippen LogP contribution >= 0.6 is 7.60 Å². The number of carbonyl (C=O) groups is 3. The molecule has 3 amide bonds. The van der Waals surface area contributed by atoms with Gasteiger partial charge >= 0.3 is 7.60 Å². The van der Waals surface area contributed by atoms with Crippen LogP contribution in [-0.4, -0.2) is 84.0 Å². The molecule has 0 aromatic rings. The number of nitrogens with two attached hydrogens (primary N) is 4. The molecule has 0 saturated carbocycles. The van der Waals surface area contributed by atoms with Crippen LogP contribution in [0.25, 0.3) is 0 Å². The van der Waals surface area contributed by atoms with Gasteiger partial charge in [0.15, 0.2) is 11.9 Å². The number of nitrogens with zero attached hydrogens (tertiary/aromatic N) is 2. The average Bonchev–Trinajstić information content (AvgIpc) is 2.71. The molecule has 0 heterocycles. The van der Waals surface area contributed by atoms with E-state index in [0.717, 1.165) is 6.92 Å². The van der Waals surface area contributed by atoms with Crippen LogP contribution < -0.4 is 44.2 Å². The van der Waals surface area contributed by atoms with Crippen molar-refractivity contribution in [3.8, 4) is 0 Å². The molecule has 0 fully saturated rings. The van der Waals surface area contributed by atoms with Gasteiger partial charge in [-0.15, -0.1) is 0 Å². The SMILES string of the molecule is CNCC(=O)N[C@@H](CCCN=C(N)N)C(=O)N[C@@H](CCCN=C(N)N)C(=O)N[C@@H](C)P(=O)(O)O. The van der Waals surface area contributed by atoms with Crippen LogP contribution in [0.1, 0.15) is 32.6 Å². The number of amides is 3. The molecule has 0 rings (SSSR count). The molecule has 16 nitrogen and oxygen atoms in total. The maximum absolute atomic E-state index is 12.9. The first kappa shape index (κ1) is 31.1. The van der Waals surface area contributed by atoms with Crippen LogP contribution in [-0.2, 0) is 18.9 Å². The van der Waals surface area contributed by atoms with Crippen LogP contribution in [0.3, 0.4) is 0 Å². The highest BCUT2D eigenvalue weighted by Crippen LogP contribution is 2.39. The van der Waals surface area contributed by atoms with Gasteiger partial charge in [-0.3, -0.25) is 28.9 Å². The Bertz CT molecular complexity index is 779. The van der Waals surface area contributed by atoms with E-state index in [2.05, 4.69) is 31.3 Å². The number of nitrogens with one attached hydrogen (secondary N) is 4. The van der Waals surface area contributed by atoms with Gasteiger partial charge in [-0.05, 0) is 39.7 Å². The largest absolute Gasteiger partial charge is 0.370 e. The van der Waals surface area contributed by atoms with Gasteiger partial charge in [0.25, 0.3) is 0 Å². The van der Waals surface area contributed by atoms with Crippen molar-refractivity contribution in [2.24, 2.45) is 32.9 Å². The topological polar surface area (TPSA) is 286 Å². The van der Waals surface area contributed by atoms with E-state index >= 15 is 0 Å². The second-order valence-corrected chi connectivity index (χ2v) is 9.34. The summed E-state index contributed by atoms with van der Waals surface area (Å²) in [5, 5.41) is 9.94. The summed E-state index contributed by atoms with van der Waals surface area (Å²) < 4.78 is 11.4. The predicted octanol–water partition coefficient (Wildman–Crippen LogP) is -4.08. The first-order valence-corrected chi connectivity index (χ1v) is 12.2. The van der Waals surface area contributed by atoms with E-state index in [-0.39, 0.29) is 50.8 Å². The molecule has 0 unspecified atom stereocenters. The molecule has 0 radical (unpaired) electrons. The summed E-state index contributed by atoms with van der Waals surface area (Å²) in [5.74, 6) is -3.66. The summed E-state index contributed by atoms with van der Waals surface area (Å²) in [6.07, 6.45) is 0.862. The third-order valence-corrected chi connectivity index (χ3v) is 5.51. The van der Waals surface area contributed by atoms with Crippen molar-refractivity contribution in [1.29, 1.82) is 0 Å². The fraction of sp³-hybridized carbons (Fsp3) is 0.706. The van der Waals surface area contributed by atoms with Gasteiger partial charge in [-0.2, -0.15) is 0 Å². The first-order chi connectivity index (χ1) is 15.8. The molecule has 17 heteroatoms. The quantitative estimate of drug-likeness (QED) is 0.0414. The van der Waals surface area contributed by atoms with Gasteiger partial charge in [-0.1, -0.05) is 0 Å². The van der Waals surface area contributed by atoms with Crippen LogP contribution in [0, 0.1) is 0 Å². The summed E-state index contributed by atoms with van der Waals surface area (Å²) in [6, 6.07) is -2.18. The number of aliphatic imine (C=N–C) groups is 2. The van der Waals surface area contributed by atoms with E-state index in [1.54, 1.807) is 7.05 Å². The normalized spacial score (nSPS) is 13.6. The first-order valence-electron chi connectivity index (χ1n) is 10.5. The molecule has 0 saturated heterocycles. The monoisotopic (exact) mass is 508 g/mol. The van der Waals surface area contributed by atoms with E-state index < -0.39 is 43.2 Å². The highest BCUT2D eigenvalue weighted by molar-refractivity contribution is 7.52. The van der Waals surface area contributed by atoms with Crippen molar-refractivity contribution in [3.05, 3.63) is 0 Å². The lowest BCUT2D eigenvalue weighted by molar-refractivity contribution is -0.132. The maximum atomic E-state index is 12.9. The molecule has 34 heavy (non-hydrogen) atoms. The molecule has 0 aliphatic rings. The zero-order valence-corrected chi connectivity index (χ0v) is 20.3. The van der Waals surface area contributed by atoms with Crippen LogP contribution in [0.2, 0.25) is 0 Å². The Morgan fingerprint density at radius 1 is 0.853 bits per heavy atom. The third-order valence-electron chi connectivity index (χ3n) is 4.37. The molecular weight excluding hydrogens is 471 g/mol. The van der Waals surface area contributed by atoms with Crippen LogP contribution in [0.15, 0.2) is 9.98 Å². The summed E-state index contributed by atoms with van der Waals surface area (Å²) >= 11 is 0. The molecule has 14 N–H and O–H groups in total. The maximum Gasteiger partial charge on any atom is 0.347 e. The number of carbonyl (C=O) groups excluding carboxylic acids is 3. The molecule has 0 bridgehead atoms. The van der Waals surface area contributed by atoms with E-state index in [0.29, 0.717) is 6.42 Å². The van der Waals surface area contributed by atoms with Gasteiger partial charge in [-0.25, -0.2) is 0 Å². The Morgan fingerprint density at radius 3 is 1.71 bits per heavy atom. The molecule has 0 aromatic heterocycles. The lowest BCUT2D eigenvalue weighted by Crippen LogP contribution is -2.55. The highest BCUT2D eigenvalue weighted by Gasteiger charge is 2.31. The summed E-state index contributed by atoms with van der Waals surface area (Å²) in [6.45, 7) is 1.48. The lowest BCUT2D eigenvalue weighted by atomic mass is 10.1. The minimum Gasteiger partial charge on any atom is -0.370 e. The van der Waals surface area contributed by atoms with Crippen LogP contribution in [0.5, 0.6) is 0 Å². The summed E-state index contributed by atoms with van der Waals surface area (Å²) in [5.41, 5.74) is 21.1. The van der Waals surface area contributed by atoms with Crippen molar-refractivity contribution in [2.45, 2.75) is 50.5 Å². The second kappa shape index (κ2) is 15.8. The van der Waals surface area contributed by atoms with Gasteiger partial charge in [0.2, 0.25) is 17.7 Å². The molecule has 196 valence electrons. The second-order valence-electron chi connectivity index (χ2n) is 7.38. The number of rotatable bonds is 16. The van der Waals surface area contributed by atoms with Gasteiger partial charge in [0.05, 0.1) is 6.54 Å². The highest BCUT2D eigenvalue weighted by atomic mass is 31.2. The van der Waals surface area contributed by atoms with Crippen molar-refractivity contribution in [1.82, 2.24) is 21.3 Å². The van der Waals surface area contributed by atoms with Crippen molar-refractivity contribution < 1.29 is 28.7 Å². The summed E-state index contributed by atoms with van der Waals surface area (Å²) in [7, 11) is -3.04. The zero-order valence-electron chi connectivity index (χ0n) is 19.4. The summed E-state index contributed by atoms with van der Waals surface area (Å²) in [4.78, 5) is 63.7. The Balaban J connectivity index is 5.45. The molecule has 0 aliphatic heterocycles. The van der Waals surface area contributed by atoms with E-state index in [1.807, 2.05) is 0 Å². The fourth-order valence-electron chi connectivity index (χ4n) is 2.61. The average molecular weight is 509 g/mol. The molecule has 0 spiro atoms. The zero-order chi connectivity index (χ0) is 26.3. The predicted molar refractivity (Wildman–Crippen MR) is 127 cm³/mol. The Labute approximate surface area is 197 Å². The number of hydrogen-bond acceptors (Lipinski definition) is 7. The molecular formula is C17H37N10O6P. The Hall–Kier alpha value is -2.94. The van der Waals surface area contributed by atoms with E-state index in [4.69, 9.17) is 22.9 Å². The molecule has 3 atom stereocenters. The lowest BCUT2D eigenvalue weighted by Gasteiger charge is -2.24. The molecule has 0 aliphatic carbocycles. The number of likely N-dealkylation sites (N-methyl/N-ethyl adjacent to an activating group) is 1. The number of hydrogen-bond donors (Lipinski definition) is 10. The Kier molecular flexibility index (Phi) is 14.5. The van der Waals surface area contributed by atoms with Crippen molar-refractivity contribution >= 4 is 37.2 Å². The van der Waals surface area contributed by atoms with E-state index in [1.165, 1.54) is 0 Å². The van der Waals surface area contributed by atoms with Gasteiger partial charge in [0.1, 0.15) is 17.9 Å². The van der Waals surface area contributed by atoms with Crippen LogP contribution in [0.4, 0.5) is 0 Å². The van der Waals surface area contributed by atoms with E-state index in [9.17, 15) is 28.7 Å². The molecule has 0 aromatic carbocycles. The standard InChI is InChI=1S/C17H37N10O6P/c1-10(34(31,32)33)25-14(29)12(6-4-8-24-17(20)21)27-15(30)11(26-13(28)9-22-2)5-3-7-23-16(18)19/h10-12,22H,3-9H2,1-2H3,(H,25,29)(H,26,28)(H,27,30)(H4,18,19,23)(H4,20,21,24)(H2,31,32,33)/t10-,11+,12+/m1/s1. The minimum atomic E-state index is -4.60. The van der Waals surface area contributed by atoms with Crippen molar-refractivity contribution in [2.75, 3.05) is 26.7 Å². The van der Waals surface area contributed by atoms with Crippen molar-refractivity contribution in [3.63, 3.8) is 0 Å².